The van der Waals surface area contributed by atoms with Crippen molar-refractivity contribution in [2.24, 2.45) is 0 Å². The van der Waals surface area contributed by atoms with Gasteiger partial charge in [0.2, 0.25) is 0 Å². The van der Waals surface area contributed by atoms with Crippen LogP contribution in [0, 0.1) is 17.5 Å². The van der Waals surface area contributed by atoms with Crippen LogP contribution < -0.4 is 9.46 Å². The third-order valence-electron chi connectivity index (χ3n) is 3.25. The molecule has 2 aromatic rings. The zero-order valence-electron chi connectivity index (χ0n) is 11.1. The minimum atomic E-state index is -4.12. The molecule has 0 aliphatic carbocycles. The van der Waals surface area contributed by atoms with Crippen molar-refractivity contribution in [2.45, 2.75) is 11.3 Å². The molecule has 0 saturated carbocycles. The summed E-state index contributed by atoms with van der Waals surface area (Å²) in [5.41, 5.74) is 0.0595. The Kier molecular flexibility index (Phi) is 3.48. The Morgan fingerprint density at radius 3 is 2.59 bits per heavy atom. The molecule has 0 amide bonds. The summed E-state index contributed by atoms with van der Waals surface area (Å²) in [7, 11) is -4.12. The number of hydrogen-bond donors (Lipinski definition) is 1. The molecule has 116 valence electrons. The van der Waals surface area contributed by atoms with E-state index in [0.29, 0.717) is 30.4 Å². The van der Waals surface area contributed by atoms with Gasteiger partial charge in [-0.1, -0.05) is 0 Å². The minimum Gasteiger partial charge on any atom is -0.493 e. The summed E-state index contributed by atoms with van der Waals surface area (Å²) in [6.07, 6.45) is 0.568. The quantitative estimate of drug-likeness (QED) is 0.881. The molecule has 22 heavy (non-hydrogen) atoms. The van der Waals surface area contributed by atoms with Gasteiger partial charge in [-0.3, -0.25) is 4.72 Å². The van der Waals surface area contributed by atoms with Crippen LogP contribution in [-0.4, -0.2) is 15.0 Å². The molecule has 0 spiro atoms. The molecule has 0 atom stereocenters. The average molecular weight is 329 g/mol. The predicted molar refractivity (Wildman–Crippen MR) is 72.8 cm³/mol. The lowest BCUT2D eigenvalue weighted by Crippen LogP contribution is -2.15. The lowest BCUT2D eigenvalue weighted by atomic mass is 10.2. The molecule has 0 fully saturated rings. The third kappa shape index (κ3) is 2.50. The number of fused-ring (bicyclic) bond motifs is 1. The summed E-state index contributed by atoms with van der Waals surface area (Å²) in [6, 6.07) is 5.67. The second-order valence-electron chi connectivity index (χ2n) is 4.70. The standard InChI is InChI=1S/C14H10F3NO3S/c15-10-2-3-11(14(17)13(10)16)18-22(19,20)9-1-4-12-8(7-9)5-6-21-12/h1-4,7,18H,5-6H2. The van der Waals surface area contributed by atoms with Crippen molar-refractivity contribution in [3.8, 4) is 5.75 Å². The summed E-state index contributed by atoms with van der Waals surface area (Å²) >= 11 is 0. The van der Waals surface area contributed by atoms with E-state index in [0.717, 1.165) is 6.07 Å². The van der Waals surface area contributed by atoms with Crippen LogP contribution in [0.2, 0.25) is 0 Å². The maximum Gasteiger partial charge on any atom is 0.262 e. The first-order chi connectivity index (χ1) is 10.4. The van der Waals surface area contributed by atoms with Gasteiger partial charge in [0.15, 0.2) is 17.5 Å². The van der Waals surface area contributed by atoms with Crippen LogP contribution in [0.25, 0.3) is 0 Å². The van der Waals surface area contributed by atoms with Gasteiger partial charge >= 0.3 is 0 Å². The van der Waals surface area contributed by atoms with Gasteiger partial charge in [0.25, 0.3) is 10.0 Å². The molecule has 0 aromatic heterocycles. The van der Waals surface area contributed by atoms with E-state index in [9.17, 15) is 21.6 Å². The number of ether oxygens (including phenoxy) is 1. The van der Waals surface area contributed by atoms with Gasteiger partial charge in [-0.05, 0) is 35.9 Å². The number of nitrogens with one attached hydrogen (secondary N) is 1. The van der Waals surface area contributed by atoms with E-state index in [2.05, 4.69) is 0 Å². The van der Waals surface area contributed by atoms with Crippen LogP contribution in [0.5, 0.6) is 5.75 Å². The number of benzene rings is 2. The largest absolute Gasteiger partial charge is 0.493 e. The minimum absolute atomic E-state index is 0.110. The SMILES string of the molecule is O=S(=O)(Nc1ccc(F)c(F)c1F)c1ccc2c(c1)CCO2. The van der Waals surface area contributed by atoms with E-state index < -0.39 is 33.2 Å². The van der Waals surface area contributed by atoms with Gasteiger partial charge in [-0.2, -0.15) is 0 Å². The smallest absolute Gasteiger partial charge is 0.262 e. The van der Waals surface area contributed by atoms with Crippen molar-refractivity contribution >= 4 is 15.7 Å². The molecule has 1 heterocycles. The molecule has 0 radical (unpaired) electrons. The molecule has 0 saturated heterocycles. The van der Waals surface area contributed by atoms with E-state index in [1.54, 1.807) is 0 Å². The Balaban J connectivity index is 1.96. The van der Waals surface area contributed by atoms with Crippen LogP contribution in [0.15, 0.2) is 35.2 Å². The van der Waals surface area contributed by atoms with E-state index in [1.807, 2.05) is 4.72 Å². The number of rotatable bonds is 3. The van der Waals surface area contributed by atoms with Crippen molar-refractivity contribution in [1.82, 2.24) is 0 Å². The highest BCUT2D eigenvalue weighted by molar-refractivity contribution is 7.92. The van der Waals surface area contributed by atoms with Crippen molar-refractivity contribution in [3.63, 3.8) is 0 Å². The van der Waals surface area contributed by atoms with Crippen LogP contribution >= 0.6 is 0 Å². The highest BCUT2D eigenvalue weighted by Crippen LogP contribution is 2.29. The molecule has 1 N–H and O–H groups in total. The average Bonchev–Trinajstić information content (AvgIpc) is 2.95. The van der Waals surface area contributed by atoms with Gasteiger partial charge < -0.3 is 4.74 Å². The number of halogens is 3. The van der Waals surface area contributed by atoms with Crippen molar-refractivity contribution in [1.29, 1.82) is 0 Å². The van der Waals surface area contributed by atoms with Crippen LogP contribution in [0.1, 0.15) is 5.56 Å². The fourth-order valence-corrected chi connectivity index (χ4v) is 3.25. The molecule has 0 bridgehead atoms. The summed E-state index contributed by atoms with van der Waals surface area (Å²) < 4.78 is 71.2. The van der Waals surface area contributed by atoms with E-state index in [-0.39, 0.29) is 4.90 Å². The van der Waals surface area contributed by atoms with Crippen molar-refractivity contribution in [2.75, 3.05) is 11.3 Å². The van der Waals surface area contributed by atoms with E-state index in [4.69, 9.17) is 4.74 Å². The Morgan fingerprint density at radius 2 is 1.82 bits per heavy atom. The van der Waals surface area contributed by atoms with E-state index >= 15 is 0 Å². The number of hydrogen-bond acceptors (Lipinski definition) is 3. The highest BCUT2D eigenvalue weighted by Gasteiger charge is 2.22. The fourth-order valence-electron chi connectivity index (χ4n) is 2.14. The predicted octanol–water partition coefficient (Wildman–Crippen LogP) is 2.84. The third-order valence-corrected chi connectivity index (χ3v) is 4.61. The summed E-state index contributed by atoms with van der Waals surface area (Å²) in [5.74, 6) is -4.12. The Labute approximate surface area is 124 Å². The summed E-state index contributed by atoms with van der Waals surface area (Å²) in [4.78, 5) is -0.110. The molecule has 8 heteroatoms. The molecule has 0 unspecified atom stereocenters. The summed E-state index contributed by atoms with van der Waals surface area (Å²) in [6.45, 7) is 0.462. The topological polar surface area (TPSA) is 55.4 Å². The molecule has 4 nitrogen and oxygen atoms in total. The lowest BCUT2D eigenvalue weighted by Gasteiger charge is -2.10. The molecule has 2 aromatic carbocycles. The fraction of sp³-hybridized carbons (Fsp3) is 0.143. The normalized spacial score (nSPS) is 13.6. The monoisotopic (exact) mass is 329 g/mol. The zero-order valence-corrected chi connectivity index (χ0v) is 11.9. The van der Waals surface area contributed by atoms with Gasteiger partial charge in [0, 0.05) is 6.42 Å². The first-order valence-electron chi connectivity index (χ1n) is 6.30. The first kappa shape index (κ1) is 14.7. The second-order valence-corrected chi connectivity index (χ2v) is 6.38. The van der Waals surface area contributed by atoms with Crippen LogP contribution in [0.3, 0.4) is 0 Å². The van der Waals surface area contributed by atoms with Gasteiger partial charge in [-0.15, -0.1) is 0 Å². The van der Waals surface area contributed by atoms with Crippen LogP contribution in [-0.2, 0) is 16.4 Å². The second kappa shape index (κ2) is 5.20. The lowest BCUT2D eigenvalue weighted by molar-refractivity contribution is 0.356. The van der Waals surface area contributed by atoms with Crippen LogP contribution in [0.4, 0.5) is 18.9 Å². The zero-order chi connectivity index (χ0) is 15.9. The first-order valence-corrected chi connectivity index (χ1v) is 7.79. The number of anilines is 1. The Hall–Kier alpha value is -2.22. The van der Waals surface area contributed by atoms with Gasteiger partial charge in [-0.25, -0.2) is 21.6 Å². The van der Waals surface area contributed by atoms with Crippen molar-refractivity contribution in [3.05, 3.63) is 53.3 Å². The maximum atomic E-state index is 13.6. The summed E-state index contributed by atoms with van der Waals surface area (Å²) in [5, 5.41) is 0. The molecule has 1 aliphatic rings. The highest BCUT2D eigenvalue weighted by atomic mass is 32.2. The Bertz CT molecular complexity index is 853. The Morgan fingerprint density at radius 1 is 1.05 bits per heavy atom. The molecule has 3 rings (SSSR count). The molecular formula is C14H10F3NO3S. The van der Waals surface area contributed by atoms with E-state index in [1.165, 1.54) is 18.2 Å². The van der Waals surface area contributed by atoms with Crippen molar-refractivity contribution < 1.29 is 26.3 Å². The number of sulfonamides is 1. The molecule has 1 aliphatic heterocycles. The maximum absolute atomic E-state index is 13.6. The van der Waals surface area contributed by atoms with Gasteiger partial charge in [0.1, 0.15) is 5.75 Å². The molecular weight excluding hydrogens is 319 g/mol. The van der Waals surface area contributed by atoms with Gasteiger partial charge in [0.05, 0.1) is 17.2 Å².